The van der Waals surface area contributed by atoms with Crippen molar-refractivity contribution in [2.75, 3.05) is 0 Å². The maximum absolute atomic E-state index is 9.58. The molecule has 0 unspecified atom stereocenters. The van der Waals surface area contributed by atoms with Gasteiger partial charge in [0.1, 0.15) is 36.8 Å². The number of hydrogen-bond acceptors (Lipinski definition) is 12. The number of nitriles is 4. The molecule has 8 rings (SSSR count). The van der Waals surface area contributed by atoms with Gasteiger partial charge >= 0.3 is 7.12 Å². The maximum Gasteiger partial charge on any atom is 0.488 e. The summed E-state index contributed by atoms with van der Waals surface area (Å²) in [5.41, 5.74) is 8.69. The lowest BCUT2D eigenvalue weighted by Crippen LogP contribution is -2.29. The highest BCUT2D eigenvalue weighted by atomic mass is 79.9. The van der Waals surface area contributed by atoms with Crippen molar-refractivity contribution in [3.05, 3.63) is 205 Å². The standard InChI is InChI=1S/C16H12N4O.C10H7BrN4.C8H5Br2N.C8H6BrN.C6H7BO3.3CH4/c17-8-14-5-4-13(12-2-1-3-16(21)7-12)6-15(14)9-20-11-18-10-19-20;11-10-2-1-8(4-12)9(3-10)5-15-7-13-6-14-15;9-4-7-3-8(10)2-1-6(7)5-11;1-6-4-8(9)3-2-7(6)5-10;8-6-3-1-2-5(4-6)7(9)10;;;/h1-7,10-11,21H,9H2;1-3,6-7H,5H2;1-3H,4H2;2-4H,1H3;1-4,8-10H;3*1H4. The Hall–Kier alpha value is -6.94. The molecule has 6 aromatic carbocycles. The number of aromatic nitrogens is 6. The van der Waals surface area contributed by atoms with Crippen LogP contribution in [0.2, 0.25) is 0 Å². The summed E-state index contributed by atoms with van der Waals surface area (Å²) in [6.45, 7) is 2.96. The van der Waals surface area contributed by atoms with Gasteiger partial charge in [0.25, 0.3) is 0 Å². The monoisotopic (exact) mass is 1190 g/mol. The number of phenolic OH excluding ortho intramolecular Hbond substituents is 2. The third kappa shape index (κ3) is 20.0. The molecule has 70 heavy (non-hydrogen) atoms. The first kappa shape index (κ1) is 61.1. The summed E-state index contributed by atoms with van der Waals surface area (Å²) in [4.78, 5) is 7.76. The van der Waals surface area contributed by atoms with E-state index >= 15 is 0 Å². The first-order chi connectivity index (χ1) is 32.3. The summed E-state index contributed by atoms with van der Waals surface area (Å²) in [6.07, 6.45) is 6.18. The van der Waals surface area contributed by atoms with Crippen molar-refractivity contribution >= 4 is 76.3 Å². The van der Waals surface area contributed by atoms with Crippen LogP contribution in [-0.2, 0) is 18.4 Å². The number of rotatable bonds is 7. The Bertz CT molecular complexity index is 3040. The summed E-state index contributed by atoms with van der Waals surface area (Å²) >= 11 is 13.3. The molecule has 0 aliphatic rings. The van der Waals surface area contributed by atoms with Crippen molar-refractivity contribution in [3.8, 4) is 46.9 Å². The van der Waals surface area contributed by atoms with Crippen LogP contribution in [0.3, 0.4) is 0 Å². The second-order valence-electron chi connectivity index (χ2n) is 13.7. The molecule has 8 aromatic rings. The fraction of sp³-hybridized carbons (Fsp3) is 0.137. The quantitative estimate of drug-likeness (QED) is 0.0861. The van der Waals surface area contributed by atoms with Crippen LogP contribution in [-0.4, -0.2) is 56.9 Å². The van der Waals surface area contributed by atoms with E-state index in [1.165, 1.54) is 30.9 Å². The number of phenols is 2. The lowest BCUT2D eigenvalue weighted by Gasteiger charge is -2.08. The highest BCUT2D eigenvalue weighted by Gasteiger charge is 2.10. The third-order valence-corrected chi connectivity index (χ3v) is 11.1. The second-order valence-corrected chi connectivity index (χ2v) is 17.0. The van der Waals surface area contributed by atoms with Gasteiger partial charge in [-0.15, -0.1) is 0 Å². The smallest absolute Gasteiger partial charge is 0.488 e. The van der Waals surface area contributed by atoms with Crippen LogP contribution in [0.15, 0.2) is 160 Å². The van der Waals surface area contributed by atoms with Crippen molar-refractivity contribution in [1.82, 2.24) is 29.5 Å². The molecule has 0 saturated carbocycles. The molecule has 0 radical (unpaired) electrons. The predicted octanol–water partition coefficient (Wildman–Crippen LogP) is 11.4. The largest absolute Gasteiger partial charge is 0.508 e. The van der Waals surface area contributed by atoms with Crippen LogP contribution in [0.4, 0.5) is 0 Å². The van der Waals surface area contributed by atoms with Gasteiger partial charge in [0.15, 0.2) is 0 Å². The number of nitrogens with zero attached hydrogens (tertiary/aromatic N) is 10. The second kappa shape index (κ2) is 32.0. The Labute approximate surface area is 443 Å². The molecule has 14 nitrogen and oxygen atoms in total. The van der Waals surface area contributed by atoms with E-state index in [0.29, 0.717) is 29.7 Å². The van der Waals surface area contributed by atoms with E-state index in [-0.39, 0.29) is 33.8 Å². The lowest BCUT2D eigenvalue weighted by atomic mass is 9.80. The van der Waals surface area contributed by atoms with Gasteiger partial charge in [0.05, 0.1) is 59.6 Å². The van der Waals surface area contributed by atoms with E-state index in [1.807, 2.05) is 61.5 Å². The van der Waals surface area contributed by atoms with Crippen LogP contribution < -0.4 is 5.46 Å². The molecule has 0 bridgehead atoms. The molecule has 0 aliphatic carbocycles. The third-order valence-electron chi connectivity index (χ3n) is 9.00. The molecule has 19 heteroatoms. The van der Waals surface area contributed by atoms with E-state index in [4.69, 9.17) is 30.9 Å². The molecule has 2 heterocycles. The molecular formula is C51H49BBr4N10O4. The normalized spacial score (nSPS) is 9.24. The Morgan fingerprint density at radius 2 is 0.957 bits per heavy atom. The van der Waals surface area contributed by atoms with Gasteiger partial charge in [-0.2, -0.15) is 31.2 Å². The molecular weight excluding hydrogens is 1150 g/mol. The maximum atomic E-state index is 9.58. The molecule has 0 amide bonds. The summed E-state index contributed by atoms with van der Waals surface area (Å²) in [7, 11) is -1.51. The molecule has 0 atom stereocenters. The van der Waals surface area contributed by atoms with Gasteiger partial charge in [-0.3, -0.25) is 0 Å². The Balaban J connectivity index is 0.000000448. The fourth-order valence-electron chi connectivity index (χ4n) is 5.70. The van der Waals surface area contributed by atoms with Crippen molar-refractivity contribution < 1.29 is 20.3 Å². The molecule has 0 aliphatic heterocycles. The zero-order valence-electron chi connectivity index (χ0n) is 35.3. The van der Waals surface area contributed by atoms with Crippen molar-refractivity contribution in [3.63, 3.8) is 0 Å². The predicted molar refractivity (Wildman–Crippen MR) is 289 cm³/mol. The fourth-order valence-corrected chi connectivity index (χ4v) is 7.45. The van der Waals surface area contributed by atoms with E-state index in [2.05, 4.69) is 108 Å². The Morgan fingerprint density at radius 3 is 1.39 bits per heavy atom. The summed E-state index contributed by atoms with van der Waals surface area (Å²) < 4.78 is 6.33. The van der Waals surface area contributed by atoms with Gasteiger partial charge in [0, 0.05) is 18.7 Å². The number of hydrogen-bond donors (Lipinski definition) is 4. The first-order valence-corrected chi connectivity index (χ1v) is 23.0. The average molecular weight is 1200 g/mol. The number of halogens is 4. The topological polar surface area (TPSA) is 237 Å². The zero-order chi connectivity index (χ0) is 48.7. The van der Waals surface area contributed by atoms with Gasteiger partial charge in [-0.1, -0.05) is 116 Å². The molecule has 2 aromatic heterocycles. The Kier molecular flexibility index (Phi) is 27.9. The number of benzene rings is 6. The highest BCUT2D eigenvalue weighted by molar-refractivity contribution is 9.11. The van der Waals surface area contributed by atoms with E-state index in [0.717, 1.165) is 63.3 Å². The van der Waals surface area contributed by atoms with Crippen LogP contribution in [0.5, 0.6) is 11.5 Å². The molecule has 0 saturated heterocycles. The van der Waals surface area contributed by atoms with Gasteiger partial charge in [-0.05, 0) is 137 Å². The van der Waals surface area contributed by atoms with Crippen LogP contribution in [0.1, 0.15) is 66.8 Å². The zero-order valence-corrected chi connectivity index (χ0v) is 41.7. The average Bonchev–Trinajstić information content (AvgIpc) is 4.05. The van der Waals surface area contributed by atoms with Gasteiger partial charge in [-0.25, -0.2) is 19.3 Å². The van der Waals surface area contributed by atoms with E-state index < -0.39 is 7.12 Å². The van der Waals surface area contributed by atoms with Crippen LogP contribution >= 0.6 is 63.7 Å². The van der Waals surface area contributed by atoms with Crippen LogP contribution in [0.25, 0.3) is 11.1 Å². The summed E-state index contributed by atoms with van der Waals surface area (Å²) in [5, 5.41) is 79.7. The van der Waals surface area contributed by atoms with Gasteiger partial charge < -0.3 is 20.3 Å². The number of aryl methyl sites for hydroxylation is 1. The van der Waals surface area contributed by atoms with Crippen molar-refractivity contribution in [1.29, 1.82) is 21.0 Å². The van der Waals surface area contributed by atoms with Crippen LogP contribution in [0, 0.1) is 52.2 Å². The van der Waals surface area contributed by atoms with E-state index in [9.17, 15) is 10.4 Å². The summed E-state index contributed by atoms with van der Waals surface area (Å²) in [6, 6.07) is 43.8. The first-order valence-electron chi connectivity index (χ1n) is 19.5. The molecule has 4 N–H and O–H groups in total. The minimum absolute atomic E-state index is 0. The molecule has 358 valence electrons. The minimum Gasteiger partial charge on any atom is -0.508 e. The molecule has 0 fully saturated rings. The SMILES string of the molecule is C.C.C.Cc1cc(Br)ccc1C#N.N#Cc1ccc(-c2cccc(O)c2)cc1Cn1cncn1.N#Cc1ccc(Br)cc1CBr.N#Cc1ccc(Br)cc1Cn1cncn1.OB(O)c1cccc(O)c1. The van der Waals surface area contributed by atoms with Gasteiger partial charge in [0.2, 0.25) is 0 Å². The molecule has 0 spiro atoms. The number of aromatic hydroxyl groups is 2. The van der Waals surface area contributed by atoms with Crippen molar-refractivity contribution in [2.45, 2.75) is 47.6 Å². The van der Waals surface area contributed by atoms with E-state index in [1.54, 1.807) is 70.5 Å². The number of alkyl halides is 1. The lowest BCUT2D eigenvalue weighted by molar-refractivity contribution is 0.424. The Morgan fingerprint density at radius 1 is 0.529 bits per heavy atom. The minimum atomic E-state index is -1.51. The van der Waals surface area contributed by atoms with Crippen molar-refractivity contribution in [2.24, 2.45) is 0 Å². The summed E-state index contributed by atoms with van der Waals surface area (Å²) in [5.74, 6) is 0.250. The highest BCUT2D eigenvalue weighted by Crippen LogP contribution is 2.26.